The van der Waals surface area contributed by atoms with Gasteiger partial charge in [-0.15, -0.1) is 6.42 Å². The number of hydrogen-bond acceptors (Lipinski definition) is 8. The van der Waals surface area contributed by atoms with Crippen LogP contribution in [0.5, 0.6) is 0 Å². The Hall–Kier alpha value is -1.34. The van der Waals surface area contributed by atoms with E-state index in [-0.39, 0.29) is 19.3 Å². The van der Waals surface area contributed by atoms with Crippen LogP contribution < -0.4 is 11.2 Å². The van der Waals surface area contributed by atoms with Crippen molar-refractivity contribution < 1.29 is 23.3 Å². The quantitative estimate of drug-likeness (QED) is 0.461. The molecular weight excluding hydrogens is 407 g/mol. The van der Waals surface area contributed by atoms with E-state index < -0.39 is 42.4 Å². The lowest BCUT2D eigenvalue weighted by Crippen LogP contribution is -2.40. The zero-order chi connectivity index (χ0) is 20.9. The number of nitrogens with zero attached hydrogens (tertiary/aromatic N) is 1. The molecule has 2 rings (SSSR count). The predicted octanol–water partition coefficient (Wildman–Crippen LogP) is 1.45. The normalized spacial score (nSPS) is 26.9. The van der Waals surface area contributed by atoms with Crippen molar-refractivity contribution in [1.29, 1.82) is 0 Å². The second kappa shape index (κ2) is 9.92. The van der Waals surface area contributed by atoms with Gasteiger partial charge in [0.1, 0.15) is 24.9 Å². The maximum atomic E-state index is 12.6. The number of aromatic nitrogens is 2. The van der Waals surface area contributed by atoms with Gasteiger partial charge in [0.05, 0.1) is 12.7 Å². The van der Waals surface area contributed by atoms with Crippen LogP contribution in [0.3, 0.4) is 0 Å². The minimum absolute atomic E-state index is 0.0620. The van der Waals surface area contributed by atoms with E-state index in [4.69, 9.17) is 25.2 Å². The van der Waals surface area contributed by atoms with Gasteiger partial charge in [-0.1, -0.05) is 17.3 Å². The summed E-state index contributed by atoms with van der Waals surface area (Å²) in [6.07, 6.45) is 5.01. The lowest BCUT2D eigenvalue weighted by molar-refractivity contribution is -0.0815. The number of rotatable bonds is 9. The zero-order valence-electron chi connectivity index (χ0n) is 16.2. The standard InChI is InChI=1S/C17H25N2O7PS/c1-6-9-23-15-14(26-27(4,22)28-5)12(10-24-11(2)3)25-16(15)19-8-7-13(20)18-17(19)21/h1,7-8,11-12,14-16H,9-10H2,2-5H3,(H,18,20,21). The van der Waals surface area contributed by atoms with Crippen LogP contribution in [0.25, 0.3) is 0 Å². The smallest absolute Gasteiger partial charge is 0.330 e. The molecule has 0 aromatic carbocycles. The van der Waals surface area contributed by atoms with Crippen LogP contribution in [0.4, 0.5) is 0 Å². The molecule has 1 saturated heterocycles. The van der Waals surface area contributed by atoms with Gasteiger partial charge in [-0.2, -0.15) is 0 Å². The number of H-pyrrole nitrogens is 1. The third-order valence-electron chi connectivity index (χ3n) is 4.01. The summed E-state index contributed by atoms with van der Waals surface area (Å²) >= 11 is 1.09. The third kappa shape index (κ3) is 5.83. The maximum absolute atomic E-state index is 12.6. The molecule has 0 bridgehead atoms. The number of ether oxygens (including phenoxy) is 3. The molecule has 156 valence electrons. The van der Waals surface area contributed by atoms with Crippen molar-refractivity contribution in [2.75, 3.05) is 26.1 Å². The van der Waals surface area contributed by atoms with Gasteiger partial charge in [0.25, 0.3) is 12.1 Å². The molecule has 1 fully saturated rings. The van der Waals surface area contributed by atoms with Crippen molar-refractivity contribution >= 4 is 18.0 Å². The Morgan fingerprint density at radius 2 is 2.14 bits per heavy atom. The Morgan fingerprint density at radius 3 is 2.71 bits per heavy atom. The fourth-order valence-electron chi connectivity index (χ4n) is 2.69. The van der Waals surface area contributed by atoms with Crippen LogP contribution in [-0.2, 0) is 23.3 Å². The highest BCUT2D eigenvalue weighted by Crippen LogP contribution is 2.57. The number of terminal acetylenes is 1. The zero-order valence-corrected chi connectivity index (χ0v) is 17.9. The highest BCUT2D eigenvalue weighted by Gasteiger charge is 2.49. The van der Waals surface area contributed by atoms with Gasteiger partial charge in [-0.25, -0.2) is 4.79 Å². The fourth-order valence-corrected chi connectivity index (χ4v) is 4.03. The molecule has 0 spiro atoms. The second-order valence-corrected chi connectivity index (χ2v) is 11.7. The fraction of sp³-hybridized carbons (Fsp3) is 0.647. The third-order valence-corrected chi connectivity index (χ3v) is 7.55. The van der Waals surface area contributed by atoms with Gasteiger partial charge in [0, 0.05) is 18.9 Å². The van der Waals surface area contributed by atoms with E-state index in [2.05, 4.69) is 10.9 Å². The molecule has 5 atom stereocenters. The Kier molecular flexibility index (Phi) is 8.13. The van der Waals surface area contributed by atoms with E-state index in [1.807, 2.05) is 13.8 Å². The van der Waals surface area contributed by atoms with Gasteiger partial charge < -0.3 is 18.7 Å². The van der Waals surface area contributed by atoms with Crippen LogP contribution in [-0.4, -0.2) is 60.1 Å². The molecule has 0 radical (unpaired) electrons. The molecule has 9 nitrogen and oxygen atoms in total. The van der Waals surface area contributed by atoms with Crippen LogP contribution in [0.2, 0.25) is 0 Å². The molecule has 1 aromatic rings. The summed E-state index contributed by atoms with van der Waals surface area (Å²) < 4.78 is 37.0. The number of aromatic amines is 1. The maximum Gasteiger partial charge on any atom is 0.330 e. The van der Waals surface area contributed by atoms with Gasteiger partial charge in [0.15, 0.2) is 6.23 Å². The van der Waals surface area contributed by atoms with Crippen LogP contribution in [0.15, 0.2) is 21.9 Å². The monoisotopic (exact) mass is 432 g/mol. The first-order chi connectivity index (χ1) is 13.2. The summed E-state index contributed by atoms with van der Waals surface area (Å²) in [4.78, 5) is 25.8. The van der Waals surface area contributed by atoms with Crippen LogP contribution in [0, 0.1) is 12.3 Å². The van der Waals surface area contributed by atoms with E-state index in [0.717, 1.165) is 11.4 Å². The van der Waals surface area contributed by atoms with Crippen LogP contribution in [0.1, 0.15) is 20.1 Å². The lowest BCUT2D eigenvalue weighted by atomic mass is 10.1. The first kappa shape index (κ1) is 22.9. The van der Waals surface area contributed by atoms with Crippen molar-refractivity contribution in [1.82, 2.24) is 9.55 Å². The summed E-state index contributed by atoms with van der Waals surface area (Å²) in [6, 6.07) is 1.20. The Balaban J connectivity index is 2.42. The van der Waals surface area contributed by atoms with E-state index in [9.17, 15) is 14.2 Å². The SMILES string of the molecule is C#CCOC1C(OP(C)(=O)SC)C(COC(C)C)OC1n1ccc(=O)[nH]c1=O. The molecule has 0 aliphatic carbocycles. The van der Waals surface area contributed by atoms with E-state index >= 15 is 0 Å². The second-order valence-electron chi connectivity index (χ2n) is 6.47. The van der Waals surface area contributed by atoms with Gasteiger partial charge in [0.2, 0.25) is 0 Å². The molecular formula is C17H25N2O7PS. The molecule has 28 heavy (non-hydrogen) atoms. The van der Waals surface area contributed by atoms with E-state index in [1.165, 1.54) is 23.5 Å². The minimum Gasteiger partial charge on any atom is -0.376 e. The number of hydrogen-bond donors (Lipinski definition) is 1. The topological polar surface area (TPSA) is 109 Å². The van der Waals surface area contributed by atoms with Gasteiger partial charge in [-0.3, -0.25) is 18.9 Å². The van der Waals surface area contributed by atoms with Gasteiger partial charge in [-0.05, 0) is 20.1 Å². The molecule has 1 aliphatic heterocycles. The van der Waals surface area contributed by atoms with Crippen molar-refractivity contribution in [2.24, 2.45) is 0 Å². The summed E-state index contributed by atoms with van der Waals surface area (Å²) in [5.74, 6) is 2.37. The Morgan fingerprint density at radius 1 is 1.43 bits per heavy atom. The first-order valence-corrected chi connectivity index (χ1v) is 12.5. The Bertz CT molecular complexity index is 862. The van der Waals surface area contributed by atoms with Crippen molar-refractivity contribution in [3.63, 3.8) is 0 Å². The summed E-state index contributed by atoms with van der Waals surface area (Å²) in [6.45, 7) is 2.30. The van der Waals surface area contributed by atoms with Crippen LogP contribution >= 0.6 is 18.0 Å². The molecule has 1 N–H and O–H groups in total. The van der Waals surface area contributed by atoms with Crippen molar-refractivity contribution in [2.45, 2.75) is 44.5 Å². The van der Waals surface area contributed by atoms with E-state index in [0.29, 0.717) is 0 Å². The summed E-state index contributed by atoms with van der Waals surface area (Å²) in [7, 11) is 0. The molecule has 2 heterocycles. The first-order valence-electron chi connectivity index (χ1n) is 8.63. The predicted molar refractivity (Wildman–Crippen MR) is 107 cm³/mol. The summed E-state index contributed by atoms with van der Waals surface area (Å²) in [5, 5.41) is 0. The highest BCUT2D eigenvalue weighted by atomic mass is 32.7. The average molecular weight is 432 g/mol. The molecule has 5 unspecified atom stereocenters. The largest absolute Gasteiger partial charge is 0.376 e. The number of nitrogens with one attached hydrogen (secondary N) is 1. The lowest BCUT2D eigenvalue weighted by Gasteiger charge is -2.26. The van der Waals surface area contributed by atoms with E-state index in [1.54, 1.807) is 6.26 Å². The molecule has 0 saturated carbocycles. The van der Waals surface area contributed by atoms with Gasteiger partial charge >= 0.3 is 5.69 Å². The van der Waals surface area contributed by atoms with Crippen molar-refractivity contribution in [3.8, 4) is 12.3 Å². The molecule has 11 heteroatoms. The summed E-state index contributed by atoms with van der Waals surface area (Å²) in [5.41, 5.74) is -1.20. The Labute approximate surface area is 167 Å². The average Bonchev–Trinajstić information content (AvgIpc) is 2.94. The highest BCUT2D eigenvalue weighted by molar-refractivity contribution is 8.56. The minimum atomic E-state index is -3.01. The molecule has 1 aliphatic rings. The molecule has 0 amide bonds. The molecule has 1 aromatic heterocycles. The van der Waals surface area contributed by atoms with Crippen molar-refractivity contribution in [3.05, 3.63) is 33.1 Å².